The third-order valence-corrected chi connectivity index (χ3v) is 4.70. The molecule has 0 N–H and O–H groups in total. The lowest BCUT2D eigenvalue weighted by Crippen LogP contribution is -1.98. The SMILES string of the molecule is CCc1ccsc1C(Cl)c1cc(Cl)ccc1OC. The van der Waals surface area contributed by atoms with Crippen molar-refractivity contribution in [3.63, 3.8) is 0 Å². The third-order valence-electron chi connectivity index (χ3n) is 2.86. The van der Waals surface area contributed by atoms with Crippen LogP contribution in [0.2, 0.25) is 5.02 Å². The molecule has 96 valence electrons. The van der Waals surface area contributed by atoms with Crippen molar-refractivity contribution in [3.05, 3.63) is 50.7 Å². The first-order chi connectivity index (χ1) is 8.67. The largest absolute Gasteiger partial charge is 0.496 e. The third kappa shape index (κ3) is 2.66. The summed E-state index contributed by atoms with van der Waals surface area (Å²) in [6, 6.07) is 7.65. The van der Waals surface area contributed by atoms with Gasteiger partial charge in [0.1, 0.15) is 5.75 Å². The zero-order valence-electron chi connectivity index (χ0n) is 10.2. The van der Waals surface area contributed by atoms with E-state index in [1.54, 1.807) is 18.4 Å². The van der Waals surface area contributed by atoms with E-state index in [0.29, 0.717) is 5.02 Å². The second-order valence-electron chi connectivity index (χ2n) is 3.91. The van der Waals surface area contributed by atoms with E-state index >= 15 is 0 Å². The van der Waals surface area contributed by atoms with Gasteiger partial charge in [0.2, 0.25) is 0 Å². The minimum Gasteiger partial charge on any atom is -0.496 e. The van der Waals surface area contributed by atoms with E-state index in [-0.39, 0.29) is 5.38 Å². The summed E-state index contributed by atoms with van der Waals surface area (Å²) in [6.45, 7) is 2.13. The number of benzene rings is 1. The van der Waals surface area contributed by atoms with Crippen LogP contribution in [0.5, 0.6) is 5.75 Å². The highest BCUT2D eigenvalue weighted by molar-refractivity contribution is 7.10. The summed E-state index contributed by atoms with van der Waals surface area (Å²) in [5, 5.41) is 2.53. The first-order valence-corrected chi connectivity index (χ1v) is 7.40. The maximum Gasteiger partial charge on any atom is 0.124 e. The fourth-order valence-electron chi connectivity index (χ4n) is 1.91. The van der Waals surface area contributed by atoms with E-state index in [4.69, 9.17) is 27.9 Å². The molecular weight excluding hydrogens is 287 g/mol. The predicted molar refractivity (Wildman–Crippen MR) is 79.4 cm³/mol. The van der Waals surface area contributed by atoms with Crippen molar-refractivity contribution in [2.45, 2.75) is 18.7 Å². The Bertz CT molecular complexity index is 536. The summed E-state index contributed by atoms with van der Waals surface area (Å²) < 4.78 is 5.35. The van der Waals surface area contributed by atoms with Crippen molar-refractivity contribution >= 4 is 34.5 Å². The molecule has 18 heavy (non-hydrogen) atoms. The number of halogens is 2. The van der Waals surface area contributed by atoms with E-state index in [1.165, 1.54) is 10.4 Å². The number of rotatable bonds is 4. The molecule has 0 bridgehead atoms. The van der Waals surface area contributed by atoms with Crippen LogP contribution in [-0.2, 0) is 6.42 Å². The molecule has 0 radical (unpaired) electrons. The summed E-state index contributed by atoms with van der Waals surface area (Å²) in [5.41, 5.74) is 2.20. The molecule has 2 rings (SSSR count). The number of thiophene rings is 1. The predicted octanol–water partition coefficient (Wildman–Crippen LogP) is 5.30. The van der Waals surface area contributed by atoms with Gasteiger partial charge in [0.25, 0.3) is 0 Å². The van der Waals surface area contributed by atoms with Gasteiger partial charge in [-0.05, 0) is 41.6 Å². The van der Waals surface area contributed by atoms with Crippen molar-refractivity contribution in [2.24, 2.45) is 0 Å². The van der Waals surface area contributed by atoms with Crippen molar-refractivity contribution in [1.29, 1.82) is 0 Å². The molecule has 2 aromatic rings. The fourth-order valence-corrected chi connectivity index (χ4v) is 3.54. The van der Waals surface area contributed by atoms with Crippen LogP contribution in [0.25, 0.3) is 0 Å². The van der Waals surface area contributed by atoms with Crippen LogP contribution in [0.4, 0.5) is 0 Å². The number of hydrogen-bond acceptors (Lipinski definition) is 2. The molecule has 1 unspecified atom stereocenters. The zero-order valence-corrected chi connectivity index (χ0v) is 12.6. The maximum atomic E-state index is 6.58. The molecule has 0 spiro atoms. The minimum absolute atomic E-state index is 0.214. The van der Waals surface area contributed by atoms with Gasteiger partial charge in [-0.25, -0.2) is 0 Å². The Morgan fingerprint density at radius 2 is 2.11 bits per heavy atom. The van der Waals surface area contributed by atoms with Crippen LogP contribution in [0.3, 0.4) is 0 Å². The standard InChI is InChI=1S/C14H14Cl2OS/c1-3-9-6-7-18-14(9)13(16)11-8-10(15)4-5-12(11)17-2/h4-8,13H,3H2,1-2H3. The molecular formula is C14H14Cl2OS. The molecule has 4 heteroatoms. The highest BCUT2D eigenvalue weighted by atomic mass is 35.5. The van der Waals surface area contributed by atoms with Gasteiger partial charge in [-0.15, -0.1) is 22.9 Å². The maximum absolute atomic E-state index is 6.58. The van der Waals surface area contributed by atoms with Crippen LogP contribution < -0.4 is 4.74 Å². The quantitative estimate of drug-likeness (QED) is 0.696. The molecule has 0 aliphatic rings. The van der Waals surface area contributed by atoms with Crippen molar-refractivity contribution in [3.8, 4) is 5.75 Å². The number of methoxy groups -OCH3 is 1. The second-order valence-corrected chi connectivity index (χ2v) is 5.73. The van der Waals surface area contributed by atoms with Gasteiger partial charge < -0.3 is 4.74 Å². The summed E-state index contributed by atoms with van der Waals surface area (Å²) in [5.74, 6) is 0.773. The molecule has 0 aliphatic carbocycles. The van der Waals surface area contributed by atoms with Gasteiger partial charge in [-0.2, -0.15) is 0 Å². The normalized spacial score (nSPS) is 12.4. The molecule has 0 saturated carbocycles. The Labute approximate surface area is 121 Å². The molecule has 1 heterocycles. The van der Waals surface area contributed by atoms with Gasteiger partial charge in [-0.3, -0.25) is 0 Å². The van der Waals surface area contributed by atoms with E-state index in [0.717, 1.165) is 17.7 Å². The molecule has 1 nitrogen and oxygen atoms in total. The Hall–Kier alpha value is -0.700. The Balaban J connectivity index is 2.45. The lowest BCUT2D eigenvalue weighted by atomic mass is 10.1. The van der Waals surface area contributed by atoms with Crippen molar-refractivity contribution in [1.82, 2.24) is 0 Å². The lowest BCUT2D eigenvalue weighted by Gasteiger charge is -2.14. The van der Waals surface area contributed by atoms with Crippen LogP contribution in [0.15, 0.2) is 29.6 Å². The van der Waals surface area contributed by atoms with Crippen LogP contribution in [0, 0.1) is 0 Å². The van der Waals surface area contributed by atoms with Gasteiger partial charge in [0, 0.05) is 15.5 Å². The number of hydrogen-bond donors (Lipinski definition) is 0. The first-order valence-electron chi connectivity index (χ1n) is 5.71. The highest BCUT2D eigenvalue weighted by Crippen LogP contribution is 2.40. The zero-order chi connectivity index (χ0) is 13.1. The molecule has 0 saturated heterocycles. The summed E-state index contributed by atoms with van der Waals surface area (Å²) in [7, 11) is 1.64. The van der Waals surface area contributed by atoms with E-state index in [1.807, 2.05) is 18.2 Å². The average molecular weight is 301 g/mol. The van der Waals surface area contributed by atoms with Gasteiger partial charge >= 0.3 is 0 Å². The van der Waals surface area contributed by atoms with Crippen LogP contribution >= 0.6 is 34.5 Å². The van der Waals surface area contributed by atoms with Gasteiger partial charge in [0.15, 0.2) is 0 Å². The number of ether oxygens (including phenoxy) is 1. The topological polar surface area (TPSA) is 9.23 Å². The second kappa shape index (κ2) is 5.96. The summed E-state index contributed by atoms with van der Waals surface area (Å²) in [4.78, 5) is 1.17. The van der Waals surface area contributed by atoms with Gasteiger partial charge in [-0.1, -0.05) is 18.5 Å². The molecule has 1 aromatic carbocycles. The Kier molecular flexibility index (Phi) is 4.55. The monoisotopic (exact) mass is 300 g/mol. The van der Waals surface area contributed by atoms with Gasteiger partial charge in [0.05, 0.1) is 12.5 Å². The smallest absolute Gasteiger partial charge is 0.124 e. The summed E-state index contributed by atoms with van der Waals surface area (Å²) >= 11 is 14.3. The van der Waals surface area contributed by atoms with E-state index in [2.05, 4.69) is 18.4 Å². The van der Waals surface area contributed by atoms with Crippen molar-refractivity contribution in [2.75, 3.05) is 7.11 Å². The van der Waals surface area contributed by atoms with E-state index < -0.39 is 0 Å². The van der Waals surface area contributed by atoms with Crippen LogP contribution in [-0.4, -0.2) is 7.11 Å². The number of aryl methyl sites for hydroxylation is 1. The van der Waals surface area contributed by atoms with Crippen LogP contribution in [0.1, 0.15) is 28.3 Å². The molecule has 1 atom stereocenters. The molecule has 0 fully saturated rings. The summed E-state index contributed by atoms with van der Waals surface area (Å²) in [6.07, 6.45) is 0.977. The first kappa shape index (κ1) is 13.7. The average Bonchev–Trinajstić information content (AvgIpc) is 2.86. The molecule has 0 aliphatic heterocycles. The Morgan fingerprint density at radius 3 is 2.78 bits per heavy atom. The lowest BCUT2D eigenvalue weighted by molar-refractivity contribution is 0.410. The van der Waals surface area contributed by atoms with E-state index in [9.17, 15) is 0 Å². The highest BCUT2D eigenvalue weighted by Gasteiger charge is 2.19. The minimum atomic E-state index is -0.214. The Morgan fingerprint density at radius 1 is 1.33 bits per heavy atom. The van der Waals surface area contributed by atoms with Crippen molar-refractivity contribution < 1.29 is 4.74 Å². The molecule has 1 aromatic heterocycles. The number of alkyl halides is 1. The fraction of sp³-hybridized carbons (Fsp3) is 0.286. The molecule has 0 amide bonds.